The van der Waals surface area contributed by atoms with Crippen LogP contribution in [0, 0.1) is 0 Å². The molecule has 1 radical (unpaired) electrons. The Kier molecular flexibility index (Phi) is 2.67. The lowest BCUT2D eigenvalue weighted by molar-refractivity contribution is 0.746. The van der Waals surface area contributed by atoms with Gasteiger partial charge in [0.25, 0.3) is 0 Å². The fourth-order valence-electron chi connectivity index (χ4n) is 1.48. The van der Waals surface area contributed by atoms with Crippen LogP contribution in [0.4, 0.5) is 5.82 Å². The molecule has 0 aromatic carbocycles. The van der Waals surface area contributed by atoms with Gasteiger partial charge in [0.05, 0.1) is 0 Å². The Bertz CT molecular complexity index is 359. The Balaban J connectivity index is 2.14. The number of nitrogens with zero attached hydrogens (tertiary/aromatic N) is 3. The molecule has 1 aliphatic rings. The monoisotopic (exact) mass is 200 g/mol. The summed E-state index contributed by atoms with van der Waals surface area (Å²) in [5.41, 5.74) is 1.27. The van der Waals surface area contributed by atoms with Crippen molar-refractivity contribution >= 4 is 13.4 Å². The van der Waals surface area contributed by atoms with E-state index >= 15 is 0 Å². The van der Waals surface area contributed by atoms with Gasteiger partial charge in [-0.15, -0.1) is 0 Å². The van der Waals surface area contributed by atoms with Crippen molar-refractivity contribution in [3.8, 4) is 0 Å². The first-order valence-electron chi connectivity index (χ1n) is 5.16. The molecule has 1 aromatic rings. The van der Waals surface area contributed by atoms with E-state index in [1.165, 1.54) is 5.56 Å². The van der Waals surface area contributed by atoms with Crippen molar-refractivity contribution in [2.24, 2.45) is 0 Å². The Morgan fingerprint density at radius 2 is 2.07 bits per heavy atom. The van der Waals surface area contributed by atoms with E-state index in [2.05, 4.69) is 31.0 Å². The minimum Gasteiger partial charge on any atom is -0.406 e. The highest BCUT2D eigenvalue weighted by molar-refractivity contribution is 6.40. The van der Waals surface area contributed by atoms with Crippen LogP contribution in [0.15, 0.2) is 30.7 Å². The maximum absolute atomic E-state index is 4.43. The summed E-state index contributed by atoms with van der Waals surface area (Å²) in [5, 5.41) is 0. The molecule has 0 aliphatic carbocycles. The van der Waals surface area contributed by atoms with E-state index in [4.69, 9.17) is 0 Å². The van der Waals surface area contributed by atoms with Gasteiger partial charge in [-0.2, -0.15) is 0 Å². The number of pyridine rings is 1. The molecule has 0 spiro atoms. The average molecular weight is 200 g/mol. The molecule has 2 heterocycles. The van der Waals surface area contributed by atoms with Crippen molar-refractivity contribution in [2.75, 3.05) is 11.9 Å². The lowest BCUT2D eigenvalue weighted by atomic mass is 10.1. The quantitative estimate of drug-likeness (QED) is 0.680. The van der Waals surface area contributed by atoms with Crippen molar-refractivity contribution in [2.45, 2.75) is 19.8 Å². The highest BCUT2D eigenvalue weighted by Gasteiger charge is 2.14. The fraction of sp³-hybridized carbons (Fsp3) is 0.364. The predicted octanol–water partition coefficient (Wildman–Crippen LogP) is 1.96. The van der Waals surface area contributed by atoms with Gasteiger partial charge in [-0.25, -0.2) is 4.98 Å². The van der Waals surface area contributed by atoms with Crippen LogP contribution in [0.2, 0.25) is 0 Å². The van der Waals surface area contributed by atoms with Crippen molar-refractivity contribution < 1.29 is 0 Å². The number of anilines is 1. The van der Waals surface area contributed by atoms with Crippen molar-refractivity contribution in [3.63, 3.8) is 0 Å². The molecule has 3 nitrogen and oxygen atoms in total. The summed E-state index contributed by atoms with van der Waals surface area (Å²) in [7, 11) is 4.00. The molecule has 2 rings (SSSR count). The average Bonchev–Trinajstić information content (AvgIpc) is 2.65. The van der Waals surface area contributed by atoms with Gasteiger partial charge in [0.15, 0.2) is 0 Å². The molecular weight excluding hydrogens is 185 g/mol. The second-order valence-corrected chi connectivity index (χ2v) is 4.09. The SMILES string of the molecule is CC(C)c1ccc(N2[B]N(C)C=C2)nc1. The minimum absolute atomic E-state index is 0.535. The van der Waals surface area contributed by atoms with Gasteiger partial charge in [-0.05, 0) is 24.6 Å². The van der Waals surface area contributed by atoms with Gasteiger partial charge < -0.3 is 9.62 Å². The van der Waals surface area contributed by atoms with Crippen molar-refractivity contribution in [1.29, 1.82) is 0 Å². The normalized spacial score (nSPS) is 14.9. The lowest BCUT2D eigenvalue weighted by Crippen LogP contribution is -2.27. The Morgan fingerprint density at radius 3 is 2.53 bits per heavy atom. The van der Waals surface area contributed by atoms with Crippen LogP contribution in [0.1, 0.15) is 25.3 Å². The van der Waals surface area contributed by atoms with Gasteiger partial charge >= 0.3 is 7.55 Å². The Morgan fingerprint density at radius 1 is 1.27 bits per heavy atom. The zero-order valence-corrected chi connectivity index (χ0v) is 9.38. The van der Waals surface area contributed by atoms with Crippen LogP contribution >= 0.6 is 0 Å². The van der Waals surface area contributed by atoms with Crippen LogP contribution in [0.5, 0.6) is 0 Å². The van der Waals surface area contributed by atoms with E-state index in [1.54, 1.807) is 0 Å². The molecule has 0 N–H and O–H groups in total. The molecule has 1 aromatic heterocycles. The molecule has 0 saturated carbocycles. The first-order valence-corrected chi connectivity index (χ1v) is 5.16. The molecule has 77 valence electrons. The number of hydrogen-bond acceptors (Lipinski definition) is 3. The second-order valence-electron chi connectivity index (χ2n) is 4.09. The van der Waals surface area contributed by atoms with Crippen molar-refractivity contribution in [3.05, 3.63) is 36.3 Å². The van der Waals surface area contributed by atoms with E-state index in [0.717, 1.165) is 5.82 Å². The van der Waals surface area contributed by atoms with Crippen molar-refractivity contribution in [1.82, 2.24) is 9.79 Å². The van der Waals surface area contributed by atoms with Gasteiger partial charge in [0.1, 0.15) is 5.82 Å². The molecule has 0 amide bonds. The zero-order valence-electron chi connectivity index (χ0n) is 9.38. The van der Waals surface area contributed by atoms with Crippen LogP contribution in [-0.4, -0.2) is 24.4 Å². The zero-order chi connectivity index (χ0) is 10.8. The van der Waals surface area contributed by atoms with E-state index in [1.807, 2.05) is 42.8 Å². The van der Waals surface area contributed by atoms with Gasteiger partial charge in [0, 0.05) is 18.6 Å². The number of aromatic nitrogens is 1. The van der Waals surface area contributed by atoms with E-state index in [0.29, 0.717) is 5.92 Å². The Hall–Kier alpha value is -1.45. The molecule has 0 unspecified atom stereocenters. The van der Waals surface area contributed by atoms with Crippen LogP contribution < -0.4 is 4.81 Å². The molecule has 1 aliphatic heterocycles. The summed E-state index contributed by atoms with van der Waals surface area (Å²) in [6, 6.07) is 4.18. The van der Waals surface area contributed by atoms with Crippen LogP contribution in [0.25, 0.3) is 0 Å². The summed E-state index contributed by atoms with van der Waals surface area (Å²) in [5.74, 6) is 1.49. The number of rotatable bonds is 2. The third-order valence-electron chi connectivity index (χ3n) is 2.47. The standard InChI is InChI=1S/C11H15BN3/c1-9(2)10-4-5-11(13-8-10)15-7-6-14(3)12-15/h4-9H,1-3H3. The highest BCUT2D eigenvalue weighted by atomic mass is 15.2. The summed E-state index contributed by atoms with van der Waals surface area (Å²) >= 11 is 0. The summed E-state index contributed by atoms with van der Waals surface area (Å²) in [4.78, 5) is 8.44. The minimum atomic E-state index is 0.535. The molecule has 0 bridgehead atoms. The summed E-state index contributed by atoms with van der Waals surface area (Å²) in [6.45, 7) is 4.35. The topological polar surface area (TPSA) is 19.4 Å². The molecular formula is C11H15BN3. The third kappa shape index (κ3) is 2.14. The molecule has 0 fully saturated rings. The fourth-order valence-corrected chi connectivity index (χ4v) is 1.48. The van der Waals surface area contributed by atoms with Gasteiger partial charge in [0.2, 0.25) is 0 Å². The van der Waals surface area contributed by atoms with Gasteiger partial charge in [-0.1, -0.05) is 19.9 Å². The first-order chi connectivity index (χ1) is 7.16. The maximum atomic E-state index is 4.43. The third-order valence-corrected chi connectivity index (χ3v) is 2.47. The smallest absolute Gasteiger partial charge is 0.396 e. The summed E-state index contributed by atoms with van der Waals surface area (Å²) < 4.78 is 0. The maximum Gasteiger partial charge on any atom is 0.396 e. The highest BCUT2D eigenvalue weighted by Crippen LogP contribution is 2.18. The Labute approximate surface area is 91.7 Å². The van der Waals surface area contributed by atoms with E-state index in [9.17, 15) is 0 Å². The molecule has 0 saturated heterocycles. The van der Waals surface area contributed by atoms with Crippen LogP contribution in [-0.2, 0) is 0 Å². The van der Waals surface area contributed by atoms with E-state index < -0.39 is 0 Å². The lowest BCUT2D eigenvalue weighted by Gasteiger charge is -2.15. The largest absolute Gasteiger partial charge is 0.406 e. The first kappa shape index (κ1) is 10.1. The summed E-state index contributed by atoms with van der Waals surface area (Å²) in [6.07, 6.45) is 5.94. The second kappa shape index (κ2) is 3.97. The number of hydrogen-bond donors (Lipinski definition) is 0. The van der Waals surface area contributed by atoms with E-state index in [-0.39, 0.29) is 0 Å². The van der Waals surface area contributed by atoms with Gasteiger partial charge in [-0.3, -0.25) is 0 Å². The molecule has 4 heteroatoms. The predicted molar refractivity (Wildman–Crippen MR) is 63.5 cm³/mol. The van der Waals surface area contributed by atoms with Crippen LogP contribution in [0.3, 0.4) is 0 Å². The molecule has 0 atom stereocenters. The molecule has 15 heavy (non-hydrogen) atoms.